The summed E-state index contributed by atoms with van der Waals surface area (Å²) < 4.78 is 38.7. The fraction of sp³-hybridized carbons (Fsp3) is 0.250. The standard InChI is InChI=1S/C24H22BrClN2O6S2/c25-24-18-4-2-1-3-16(18)5-7-20(24)35-15-23(30)34-14-22(29)27-19-13-17(26)6-8-21(19)36(31,32)28-9-11-33-12-10-28/h1-8,13H,9-12,14-15H2,(H,27,29). The Morgan fingerprint density at radius 2 is 1.86 bits per heavy atom. The molecule has 0 unspecified atom stereocenters. The van der Waals surface area contributed by atoms with E-state index in [-0.39, 0.29) is 47.7 Å². The quantitative estimate of drug-likeness (QED) is 0.294. The van der Waals surface area contributed by atoms with Crippen molar-refractivity contribution < 1.29 is 27.5 Å². The lowest BCUT2D eigenvalue weighted by atomic mass is 10.1. The second-order valence-electron chi connectivity index (χ2n) is 7.75. The van der Waals surface area contributed by atoms with E-state index in [9.17, 15) is 18.0 Å². The molecule has 0 bridgehead atoms. The highest BCUT2D eigenvalue weighted by Gasteiger charge is 2.29. The molecule has 1 aliphatic rings. The van der Waals surface area contributed by atoms with E-state index in [0.29, 0.717) is 0 Å². The largest absolute Gasteiger partial charge is 0.455 e. The fourth-order valence-corrected chi connectivity index (χ4v) is 6.89. The van der Waals surface area contributed by atoms with E-state index in [1.807, 2.05) is 36.4 Å². The zero-order chi connectivity index (χ0) is 25.7. The molecular weight excluding hydrogens is 592 g/mol. The summed E-state index contributed by atoms with van der Waals surface area (Å²) in [6, 6.07) is 15.9. The number of carbonyl (C=O) groups excluding carboxylic acids is 2. The molecule has 12 heteroatoms. The number of carbonyl (C=O) groups is 2. The number of thioether (sulfide) groups is 1. The first-order valence-corrected chi connectivity index (χ1v) is 14.5. The predicted molar refractivity (Wildman–Crippen MR) is 143 cm³/mol. The molecule has 0 spiro atoms. The number of nitrogens with one attached hydrogen (secondary N) is 1. The molecule has 0 aromatic heterocycles. The molecule has 0 radical (unpaired) electrons. The van der Waals surface area contributed by atoms with E-state index in [1.54, 1.807) is 0 Å². The van der Waals surface area contributed by atoms with Crippen LogP contribution in [0.3, 0.4) is 0 Å². The Morgan fingerprint density at radius 3 is 2.64 bits per heavy atom. The van der Waals surface area contributed by atoms with Crippen LogP contribution in [-0.2, 0) is 29.1 Å². The van der Waals surface area contributed by atoms with E-state index in [0.717, 1.165) is 20.1 Å². The summed E-state index contributed by atoms with van der Waals surface area (Å²) in [7, 11) is -3.88. The molecule has 1 aliphatic heterocycles. The minimum absolute atomic E-state index is 0.00194. The van der Waals surface area contributed by atoms with Crippen LogP contribution < -0.4 is 5.32 Å². The number of rotatable bonds is 8. The number of morpholine rings is 1. The van der Waals surface area contributed by atoms with E-state index < -0.39 is 28.5 Å². The topological polar surface area (TPSA) is 102 Å². The molecule has 4 rings (SSSR count). The van der Waals surface area contributed by atoms with Crippen molar-refractivity contribution in [1.82, 2.24) is 4.31 Å². The zero-order valence-corrected chi connectivity index (χ0v) is 22.9. The van der Waals surface area contributed by atoms with E-state index >= 15 is 0 Å². The number of amides is 1. The number of anilines is 1. The average Bonchev–Trinajstić information content (AvgIpc) is 2.87. The number of benzene rings is 3. The molecule has 3 aromatic carbocycles. The highest BCUT2D eigenvalue weighted by molar-refractivity contribution is 9.10. The lowest BCUT2D eigenvalue weighted by Crippen LogP contribution is -2.41. The molecule has 1 N–H and O–H groups in total. The zero-order valence-electron chi connectivity index (χ0n) is 18.9. The number of hydrogen-bond donors (Lipinski definition) is 1. The van der Waals surface area contributed by atoms with Gasteiger partial charge >= 0.3 is 5.97 Å². The van der Waals surface area contributed by atoms with Gasteiger partial charge in [-0.1, -0.05) is 41.9 Å². The van der Waals surface area contributed by atoms with Crippen molar-refractivity contribution in [2.45, 2.75) is 9.79 Å². The summed E-state index contributed by atoms with van der Waals surface area (Å²) in [4.78, 5) is 25.5. The maximum atomic E-state index is 13.1. The molecule has 190 valence electrons. The smallest absolute Gasteiger partial charge is 0.316 e. The fourth-order valence-electron chi connectivity index (χ4n) is 3.59. The Kier molecular flexibility index (Phi) is 8.91. The van der Waals surface area contributed by atoms with Crippen molar-refractivity contribution in [3.05, 3.63) is 64.1 Å². The third-order valence-electron chi connectivity index (χ3n) is 5.34. The number of nitrogens with zero attached hydrogens (tertiary/aromatic N) is 1. The molecule has 1 fully saturated rings. The van der Waals surface area contributed by atoms with E-state index in [1.165, 1.54) is 34.3 Å². The average molecular weight is 614 g/mol. The summed E-state index contributed by atoms with van der Waals surface area (Å²) in [5.41, 5.74) is 0.0181. The molecule has 0 atom stereocenters. The second kappa shape index (κ2) is 11.9. The molecule has 3 aromatic rings. The van der Waals surface area contributed by atoms with E-state index in [4.69, 9.17) is 21.1 Å². The lowest BCUT2D eigenvalue weighted by molar-refractivity contribution is -0.144. The van der Waals surface area contributed by atoms with Gasteiger partial charge in [-0.2, -0.15) is 4.31 Å². The van der Waals surface area contributed by atoms with Gasteiger partial charge in [-0.25, -0.2) is 8.42 Å². The number of ether oxygens (including phenoxy) is 2. The molecule has 1 amide bonds. The van der Waals surface area contributed by atoms with Crippen LogP contribution in [0.1, 0.15) is 0 Å². The summed E-state index contributed by atoms with van der Waals surface area (Å²) in [5.74, 6) is -1.26. The third-order valence-corrected chi connectivity index (χ3v) is 9.68. The monoisotopic (exact) mass is 612 g/mol. The number of sulfonamides is 1. The van der Waals surface area contributed by atoms with Gasteiger partial charge in [0.1, 0.15) is 4.90 Å². The molecule has 0 aliphatic carbocycles. The Labute approximate surface area is 226 Å². The van der Waals surface area contributed by atoms with Gasteiger partial charge in [0.15, 0.2) is 6.61 Å². The normalized spacial score (nSPS) is 14.5. The number of esters is 1. The summed E-state index contributed by atoms with van der Waals surface area (Å²) in [6.45, 7) is 0.431. The highest BCUT2D eigenvalue weighted by Crippen LogP contribution is 2.34. The van der Waals surface area contributed by atoms with Crippen LogP contribution >= 0.6 is 39.3 Å². The maximum absolute atomic E-state index is 13.1. The van der Waals surface area contributed by atoms with E-state index in [2.05, 4.69) is 21.2 Å². The summed E-state index contributed by atoms with van der Waals surface area (Å²) >= 11 is 10.9. The van der Waals surface area contributed by atoms with Crippen molar-refractivity contribution >= 4 is 77.7 Å². The Bertz CT molecular complexity index is 1400. The summed E-state index contributed by atoms with van der Waals surface area (Å²) in [6.07, 6.45) is 0. The van der Waals surface area contributed by atoms with Gasteiger partial charge in [0.05, 0.1) is 24.7 Å². The first-order valence-electron chi connectivity index (χ1n) is 10.9. The number of halogens is 2. The second-order valence-corrected chi connectivity index (χ2v) is 11.9. The first-order chi connectivity index (χ1) is 17.3. The Balaban J connectivity index is 1.35. The molecule has 0 saturated carbocycles. The summed E-state index contributed by atoms with van der Waals surface area (Å²) in [5, 5.41) is 4.85. The maximum Gasteiger partial charge on any atom is 0.316 e. The van der Waals surface area contributed by atoms with Gasteiger partial charge in [0.2, 0.25) is 10.0 Å². The van der Waals surface area contributed by atoms with Gasteiger partial charge in [0.25, 0.3) is 5.91 Å². The van der Waals surface area contributed by atoms with Crippen LogP contribution in [0.4, 0.5) is 5.69 Å². The van der Waals surface area contributed by atoms with Crippen LogP contribution in [0.2, 0.25) is 5.02 Å². The molecule has 1 saturated heterocycles. The Hall–Kier alpha value is -2.15. The third kappa shape index (κ3) is 6.39. The lowest BCUT2D eigenvalue weighted by Gasteiger charge is -2.27. The predicted octanol–water partition coefficient (Wildman–Crippen LogP) is 4.55. The molecule has 8 nitrogen and oxygen atoms in total. The first kappa shape index (κ1) is 26.9. The van der Waals surface area contributed by atoms with Gasteiger partial charge < -0.3 is 14.8 Å². The van der Waals surface area contributed by atoms with Crippen molar-refractivity contribution in [3.8, 4) is 0 Å². The molecule has 1 heterocycles. The minimum Gasteiger partial charge on any atom is -0.455 e. The number of hydrogen-bond acceptors (Lipinski definition) is 7. The molecular formula is C24H22BrClN2O6S2. The van der Waals surface area contributed by atoms with Gasteiger partial charge in [-0.05, 0) is 51.0 Å². The SMILES string of the molecule is O=C(COC(=O)CSc1ccc2ccccc2c1Br)Nc1cc(Cl)ccc1S(=O)(=O)N1CCOCC1. The Morgan fingerprint density at radius 1 is 1.11 bits per heavy atom. The van der Waals surface area contributed by atoms with Crippen LogP contribution in [-0.4, -0.2) is 63.3 Å². The number of fused-ring (bicyclic) bond motifs is 1. The van der Waals surface area contributed by atoms with Gasteiger partial charge in [0, 0.05) is 27.5 Å². The highest BCUT2D eigenvalue weighted by atomic mass is 79.9. The van der Waals surface area contributed by atoms with Crippen molar-refractivity contribution in [1.29, 1.82) is 0 Å². The van der Waals surface area contributed by atoms with Crippen LogP contribution in [0.5, 0.6) is 0 Å². The van der Waals surface area contributed by atoms with Crippen molar-refractivity contribution in [2.75, 3.05) is 44.0 Å². The van der Waals surface area contributed by atoms with Gasteiger partial charge in [-0.3, -0.25) is 9.59 Å². The van der Waals surface area contributed by atoms with Crippen LogP contribution in [0, 0.1) is 0 Å². The van der Waals surface area contributed by atoms with Crippen LogP contribution in [0.25, 0.3) is 10.8 Å². The van der Waals surface area contributed by atoms with Gasteiger partial charge in [-0.15, -0.1) is 11.8 Å². The van der Waals surface area contributed by atoms with Crippen molar-refractivity contribution in [3.63, 3.8) is 0 Å². The van der Waals surface area contributed by atoms with Crippen LogP contribution in [0.15, 0.2) is 68.9 Å². The molecule has 36 heavy (non-hydrogen) atoms. The van der Waals surface area contributed by atoms with Crippen molar-refractivity contribution in [2.24, 2.45) is 0 Å². The minimum atomic E-state index is -3.88.